The number of aromatic hydroxyl groups is 1. The van der Waals surface area contributed by atoms with Crippen molar-refractivity contribution in [2.45, 2.75) is 6.04 Å². The molecule has 0 radical (unpaired) electrons. The van der Waals surface area contributed by atoms with Crippen molar-refractivity contribution in [2.75, 3.05) is 7.11 Å². The molecule has 3 N–H and O–H groups in total. The minimum atomic E-state index is -1.05. The Morgan fingerprint density at radius 2 is 2.27 bits per heavy atom. The Balaban J connectivity index is 3.19. The number of benzene rings is 1. The quantitative estimate of drug-likeness (QED) is 0.818. The van der Waals surface area contributed by atoms with Crippen LogP contribution in [-0.4, -0.2) is 18.2 Å². The molecule has 4 nitrogen and oxygen atoms in total. The van der Waals surface area contributed by atoms with E-state index < -0.39 is 12.0 Å². The summed E-state index contributed by atoms with van der Waals surface area (Å²) in [5, 5.41) is 10.0. The highest BCUT2D eigenvalue weighted by Crippen LogP contribution is 2.34. The summed E-state index contributed by atoms with van der Waals surface area (Å²) in [6.07, 6.45) is 0. The van der Waals surface area contributed by atoms with Crippen LogP contribution in [0.1, 0.15) is 11.6 Å². The molecular formula is C9H9BrClNO3. The summed E-state index contributed by atoms with van der Waals surface area (Å²) in [7, 11) is 1.22. The van der Waals surface area contributed by atoms with Crippen LogP contribution in [0.15, 0.2) is 16.6 Å². The number of phenols is 1. The lowest BCUT2D eigenvalue weighted by Gasteiger charge is -2.12. The summed E-state index contributed by atoms with van der Waals surface area (Å²) in [6.45, 7) is 0. The molecule has 0 aliphatic heterocycles. The summed E-state index contributed by atoms with van der Waals surface area (Å²) in [5.74, 6) is -0.753. The third-order valence-electron chi connectivity index (χ3n) is 1.85. The molecule has 1 aromatic rings. The molecule has 0 heterocycles. The zero-order valence-corrected chi connectivity index (χ0v) is 10.2. The predicted octanol–water partition coefficient (Wildman–Crippen LogP) is 1.98. The van der Waals surface area contributed by atoms with Gasteiger partial charge in [-0.1, -0.05) is 11.6 Å². The number of nitrogens with two attached hydrogens (primary N) is 1. The molecule has 0 saturated carbocycles. The monoisotopic (exact) mass is 293 g/mol. The van der Waals surface area contributed by atoms with Gasteiger partial charge in [0.05, 0.1) is 11.6 Å². The zero-order valence-electron chi connectivity index (χ0n) is 7.83. The van der Waals surface area contributed by atoms with Crippen LogP contribution in [0.25, 0.3) is 0 Å². The van der Waals surface area contributed by atoms with Gasteiger partial charge in [0, 0.05) is 10.6 Å². The Morgan fingerprint density at radius 3 is 2.80 bits per heavy atom. The smallest absolute Gasteiger partial charge is 0.327 e. The summed E-state index contributed by atoms with van der Waals surface area (Å²) in [5.41, 5.74) is 5.80. The van der Waals surface area contributed by atoms with Gasteiger partial charge in [0.25, 0.3) is 0 Å². The number of carbonyl (C=O) groups is 1. The Bertz CT molecular complexity index is 397. The fourth-order valence-electron chi connectivity index (χ4n) is 1.08. The minimum Gasteiger partial charge on any atom is -0.506 e. The molecule has 0 aromatic heterocycles. The highest BCUT2D eigenvalue weighted by Gasteiger charge is 2.21. The summed E-state index contributed by atoms with van der Waals surface area (Å²) in [4.78, 5) is 11.2. The maximum atomic E-state index is 11.2. The second-order valence-corrected chi connectivity index (χ2v) is 4.12. The van der Waals surface area contributed by atoms with E-state index in [-0.39, 0.29) is 11.3 Å². The number of phenolic OH excluding ortho intramolecular Hbond substituents is 1. The zero-order chi connectivity index (χ0) is 11.6. The van der Waals surface area contributed by atoms with Crippen molar-refractivity contribution in [3.8, 4) is 5.75 Å². The minimum absolute atomic E-state index is 0.114. The average molecular weight is 295 g/mol. The molecule has 0 amide bonds. The maximum absolute atomic E-state index is 11.2. The number of hydrogen-bond donors (Lipinski definition) is 2. The van der Waals surface area contributed by atoms with E-state index in [1.54, 1.807) is 0 Å². The van der Waals surface area contributed by atoms with Gasteiger partial charge in [0.2, 0.25) is 0 Å². The molecule has 82 valence electrons. The largest absolute Gasteiger partial charge is 0.506 e. The van der Waals surface area contributed by atoms with E-state index in [9.17, 15) is 9.90 Å². The molecular weight excluding hydrogens is 285 g/mol. The van der Waals surface area contributed by atoms with Gasteiger partial charge in [0.15, 0.2) is 0 Å². The molecule has 0 aliphatic rings. The van der Waals surface area contributed by atoms with Crippen LogP contribution in [0.2, 0.25) is 5.02 Å². The highest BCUT2D eigenvalue weighted by atomic mass is 79.9. The number of ether oxygens (including phenoxy) is 1. The van der Waals surface area contributed by atoms with E-state index in [1.165, 1.54) is 19.2 Å². The van der Waals surface area contributed by atoms with Crippen LogP contribution in [0, 0.1) is 0 Å². The molecule has 0 bridgehead atoms. The summed E-state index contributed by atoms with van der Waals surface area (Å²) < 4.78 is 4.85. The van der Waals surface area contributed by atoms with Crippen LogP contribution < -0.4 is 5.73 Å². The highest BCUT2D eigenvalue weighted by molar-refractivity contribution is 9.10. The predicted molar refractivity (Wildman–Crippen MR) is 59.8 cm³/mol. The SMILES string of the molecule is COC(=O)[C@@H](N)c1cc(Cl)cc(Br)c1O. The van der Waals surface area contributed by atoms with Gasteiger partial charge in [-0.25, -0.2) is 0 Å². The Kier molecular flexibility index (Phi) is 3.96. The van der Waals surface area contributed by atoms with E-state index in [0.717, 1.165) is 0 Å². The van der Waals surface area contributed by atoms with Gasteiger partial charge in [-0.2, -0.15) is 0 Å². The number of methoxy groups -OCH3 is 1. The molecule has 0 unspecified atom stereocenters. The van der Waals surface area contributed by atoms with Crippen molar-refractivity contribution >= 4 is 33.5 Å². The first-order valence-electron chi connectivity index (χ1n) is 3.98. The number of carbonyl (C=O) groups excluding carboxylic acids is 1. The second-order valence-electron chi connectivity index (χ2n) is 2.83. The second kappa shape index (κ2) is 4.83. The van der Waals surface area contributed by atoms with Crippen LogP contribution in [0.3, 0.4) is 0 Å². The van der Waals surface area contributed by atoms with Crippen molar-refractivity contribution in [3.63, 3.8) is 0 Å². The topological polar surface area (TPSA) is 72.5 Å². The Labute approximate surface area is 100 Å². The van der Waals surface area contributed by atoms with Crippen molar-refractivity contribution in [1.82, 2.24) is 0 Å². The average Bonchev–Trinajstić information content (AvgIpc) is 2.21. The standard InChI is InChI=1S/C9H9BrClNO3/c1-15-9(14)7(12)5-2-4(11)3-6(10)8(5)13/h2-3,7,13H,12H2,1H3/t7-/m0/s1. The van der Waals surface area contributed by atoms with E-state index in [2.05, 4.69) is 20.7 Å². The lowest BCUT2D eigenvalue weighted by Crippen LogP contribution is -2.22. The number of halogens is 2. The molecule has 0 fully saturated rings. The fraction of sp³-hybridized carbons (Fsp3) is 0.222. The molecule has 0 saturated heterocycles. The van der Waals surface area contributed by atoms with E-state index in [4.69, 9.17) is 17.3 Å². The number of hydrogen-bond acceptors (Lipinski definition) is 4. The molecule has 1 atom stereocenters. The third-order valence-corrected chi connectivity index (χ3v) is 2.67. The van der Waals surface area contributed by atoms with Crippen molar-refractivity contribution in [2.24, 2.45) is 5.73 Å². The van der Waals surface area contributed by atoms with Crippen LogP contribution in [0.5, 0.6) is 5.75 Å². The number of esters is 1. The van der Waals surface area contributed by atoms with E-state index in [0.29, 0.717) is 9.50 Å². The first kappa shape index (κ1) is 12.3. The lowest BCUT2D eigenvalue weighted by molar-refractivity contribution is -0.142. The van der Waals surface area contributed by atoms with Crippen molar-refractivity contribution < 1.29 is 14.6 Å². The van der Waals surface area contributed by atoms with Crippen LogP contribution in [0.4, 0.5) is 0 Å². The van der Waals surface area contributed by atoms with Gasteiger partial charge in [-0.3, -0.25) is 4.79 Å². The molecule has 1 rings (SSSR count). The normalized spacial score (nSPS) is 12.3. The Hall–Kier alpha value is -0.780. The maximum Gasteiger partial charge on any atom is 0.327 e. The molecule has 1 aromatic carbocycles. The first-order chi connectivity index (χ1) is 6.97. The molecule has 6 heteroatoms. The van der Waals surface area contributed by atoms with Gasteiger partial charge in [0.1, 0.15) is 11.8 Å². The summed E-state index contributed by atoms with van der Waals surface area (Å²) >= 11 is 8.86. The molecule has 0 aliphatic carbocycles. The van der Waals surface area contributed by atoms with Crippen LogP contribution >= 0.6 is 27.5 Å². The number of rotatable bonds is 2. The van der Waals surface area contributed by atoms with E-state index in [1.807, 2.05) is 0 Å². The van der Waals surface area contributed by atoms with Gasteiger partial charge in [-0.15, -0.1) is 0 Å². The van der Waals surface area contributed by atoms with Crippen molar-refractivity contribution in [1.29, 1.82) is 0 Å². The molecule has 0 spiro atoms. The molecule has 15 heavy (non-hydrogen) atoms. The Morgan fingerprint density at radius 1 is 1.67 bits per heavy atom. The van der Waals surface area contributed by atoms with Gasteiger partial charge in [-0.05, 0) is 28.1 Å². The van der Waals surface area contributed by atoms with E-state index >= 15 is 0 Å². The first-order valence-corrected chi connectivity index (χ1v) is 5.15. The van der Waals surface area contributed by atoms with Crippen molar-refractivity contribution in [3.05, 3.63) is 27.2 Å². The van der Waals surface area contributed by atoms with Gasteiger partial charge >= 0.3 is 5.97 Å². The fourth-order valence-corrected chi connectivity index (χ4v) is 1.91. The lowest BCUT2D eigenvalue weighted by atomic mass is 10.1. The van der Waals surface area contributed by atoms with Crippen LogP contribution in [-0.2, 0) is 9.53 Å². The summed E-state index contributed by atoms with van der Waals surface area (Å²) in [6, 6.07) is 1.87. The third kappa shape index (κ3) is 2.62. The van der Waals surface area contributed by atoms with Gasteiger partial charge < -0.3 is 15.6 Å².